The fourth-order valence-corrected chi connectivity index (χ4v) is 2.34. The highest BCUT2D eigenvalue weighted by molar-refractivity contribution is 5.46. The van der Waals surface area contributed by atoms with Crippen molar-refractivity contribution in [3.05, 3.63) is 35.9 Å². The number of hydrogen-bond donors (Lipinski definition) is 1. The zero-order chi connectivity index (χ0) is 15.3. The van der Waals surface area contributed by atoms with Crippen molar-refractivity contribution in [3.63, 3.8) is 0 Å². The fraction of sp³-hybridized carbons (Fsp3) is 0.588. The number of likely N-dealkylation sites (tertiary alicyclic amines) is 1. The molecule has 1 unspecified atom stereocenters. The van der Waals surface area contributed by atoms with Crippen molar-refractivity contribution < 1.29 is 9.53 Å². The second kappa shape index (κ2) is 11.3. The Morgan fingerprint density at radius 1 is 1.38 bits per heavy atom. The van der Waals surface area contributed by atoms with Gasteiger partial charge in [0.25, 0.3) is 0 Å². The van der Waals surface area contributed by atoms with Gasteiger partial charge in [0, 0.05) is 39.4 Å². The smallest absolute Gasteiger partial charge is 0.207 e. The van der Waals surface area contributed by atoms with Crippen LogP contribution in [0.25, 0.3) is 0 Å². The minimum absolute atomic E-state index is 0.339. The van der Waals surface area contributed by atoms with E-state index in [1.807, 2.05) is 6.07 Å². The number of methoxy groups -OCH3 is 1. The molecule has 1 heterocycles. The van der Waals surface area contributed by atoms with Crippen molar-refractivity contribution in [2.45, 2.75) is 38.8 Å². The second-order valence-electron chi connectivity index (χ2n) is 5.34. The summed E-state index contributed by atoms with van der Waals surface area (Å²) in [6, 6.07) is 10.8. The molecule has 1 atom stereocenters. The van der Waals surface area contributed by atoms with Gasteiger partial charge in [0.2, 0.25) is 6.41 Å². The zero-order valence-corrected chi connectivity index (χ0v) is 13.3. The first kappa shape index (κ1) is 17.7. The van der Waals surface area contributed by atoms with E-state index < -0.39 is 0 Å². The van der Waals surface area contributed by atoms with E-state index in [9.17, 15) is 4.79 Å². The van der Waals surface area contributed by atoms with E-state index in [0.717, 1.165) is 39.1 Å². The van der Waals surface area contributed by atoms with Gasteiger partial charge in [-0.25, -0.2) is 0 Å². The van der Waals surface area contributed by atoms with Crippen LogP contribution in [0.3, 0.4) is 0 Å². The van der Waals surface area contributed by atoms with Crippen molar-refractivity contribution in [2.24, 2.45) is 0 Å². The third-order valence-electron chi connectivity index (χ3n) is 3.53. The van der Waals surface area contributed by atoms with E-state index >= 15 is 0 Å². The van der Waals surface area contributed by atoms with E-state index in [1.165, 1.54) is 18.4 Å². The van der Waals surface area contributed by atoms with E-state index in [4.69, 9.17) is 4.74 Å². The largest absolute Gasteiger partial charge is 0.385 e. The molecule has 2 rings (SSSR count). The van der Waals surface area contributed by atoms with Gasteiger partial charge < -0.3 is 10.1 Å². The van der Waals surface area contributed by atoms with Gasteiger partial charge in [0.1, 0.15) is 0 Å². The molecule has 21 heavy (non-hydrogen) atoms. The van der Waals surface area contributed by atoms with Crippen LogP contribution in [0.4, 0.5) is 0 Å². The molecule has 1 amide bonds. The predicted molar refractivity (Wildman–Crippen MR) is 86.1 cm³/mol. The zero-order valence-electron chi connectivity index (χ0n) is 13.3. The molecule has 0 saturated carbocycles. The summed E-state index contributed by atoms with van der Waals surface area (Å²) in [5.41, 5.74) is 1.34. The summed E-state index contributed by atoms with van der Waals surface area (Å²) in [5, 5.41) is 2.84. The molecule has 4 nitrogen and oxygen atoms in total. The maximum Gasteiger partial charge on any atom is 0.207 e. The van der Waals surface area contributed by atoms with Crippen LogP contribution in [0.5, 0.6) is 0 Å². The lowest BCUT2D eigenvalue weighted by Crippen LogP contribution is -2.31. The van der Waals surface area contributed by atoms with Gasteiger partial charge in [0.05, 0.1) is 0 Å². The summed E-state index contributed by atoms with van der Waals surface area (Å²) < 4.78 is 4.78. The van der Waals surface area contributed by atoms with Crippen LogP contribution in [0.2, 0.25) is 0 Å². The number of rotatable bonds is 7. The first-order valence-corrected chi connectivity index (χ1v) is 7.75. The molecule has 1 saturated heterocycles. The number of amides is 1. The molecule has 1 aromatic rings. The van der Waals surface area contributed by atoms with Crippen LogP contribution >= 0.6 is 0 Å². The van der Waals surface area contributed by atoms with Crippen LogP contribution in [-0.2, 0) is 16.1 Å². The monoisotopic (exact) mass is 292 g/mol. The SMILES string of the molecule is CCCCOC.O=CNC1CCN(Cc2ccccc2)C1. The van der Waals surface area contributed by atoms with Gasteiger partial charge in [-0.3, -0.25) is 9.69 Å². The summed E-state index contributed by atoms with van der Waals surface area (Å²) in [5.74, 6) is 0. The molecule has 1 aromatic carbocycles. The Morgan fingerprint density at radius 3 is 2.71 bits per heavy atom. The standard InChI is InChI=1S/C12H16N2O.C5H12O/c15-10-13-12-6-7-14(9-12)8-11-4-2-1-3-5-11;1-3-4-5-6-2/h1-5,10,12H,6-9H2,(H,13,15);3-5H2,1-2H3. The third-order valence-corrected chi connectivity index (χ3v) is 3.53. The molecule has 1 N–H and O–H groups in total. The highest BCUT2D eigenvalue weighted by atomic mass is 16.5. The summed E-state index contributed by atoms with van der Waals surface area (Å²) in [4.78, 5) is 12.7. The Hall–Kier alpha value is -1.39. The lowest BCUT2D eigenvalue weighted by atomic mass is 10.2. The lowest BCUT2D eigenvalue weighted by Gasteiger charge is -2.15. The van der Waals surface area contributed by atoms with Gasteiger partial charge in [0.15, 0.2) is 0 Å². The molecular formula is C17H28N2O2. The van der Waals surface area contributed by atoms with Crippen LogP contribution in [0.15, 0.2) is 30.3 Å². The van der Waals surface area contributed by atoms with Crippen LogP contribution in [0, 0.1) is 0 Å². The maximum absolute atomic E-state index is 10.3. The first-order chi connectivity index (χ1) is 10.3. The Balaban J connectivity index is 0.000000315. The van der Waals surface area contributed by atoms with Crippen molar-refractivity contribution in [3.8, 4) is 0 Å². The van der Waals surface area contributed by atoms with E-state index in [0.29, 0.717) is 6.04 Å². The van der Waals surface area contributed by atoms with Gasteiger partial charge >= 0.3 is 0 Å². The quantitative estimate of drug-likeness (QED) is 0.620. The van der Waals surface area contributed by atoms with Crippen LogP contribution in [-0.4, -0.2) is 44.2 Å². The number of carbonyl (C=O) groups is 1. The second-order valence-corrected chi connectivity index (χ2v) is 5.34. The minimum Gasteiger partial charge on any atom is -0.385 e. The maximum atomic E-state index is 10.3. The number of hydrogen-bond acceptors (Lipinski definition) is 3. The molecule has 1 aliphatic heterocycles. The average Bonchev–Trinajstić information content (AvgIpc) is 2.94. The molecule has 1 aliphatic rings. The number of ether oxygens (including phenoxy) is 1. The van der Waals surface area contributed by atoms with Gasteiger partial charge in [-0.05, 0) is 18.4 Å². The summed E-state index contributed by atoms with van der Waals surface area (Å²) in [6.45, 7) is 6.08. The van der Waals surface area contributed by atoms with Crippen molar-refractivity contribution in [2.75, 3.05) is 26.8 Å². The summed E-state index contributed by atoms with van der Waals surface area (Å²) in [7, 11) is 1.73. The van der Waals surface area contributed by atoms with E-state index in [2.05, 4.69) is 41.4 Å². The number of nitrogens with one attached hydrogen (secondary N) is 1. The Morgan fingerprint density at radius 2 is 2.14 bits per heavy atom. The molecule has 0 bridgehead atoms. The van der Waals surface area contributed by atoms with Crippen LogP contribution < -0.4 is 5.32 Å². The Kier molecular flexibility index (Phi) is 9.49. The van der Waals surface area contributed by atoms with Gasteiger partial charge in [-0.15, -0.1) is 0 Å². The van der Waals surface area contributed by atoms with Gasteiger partial charge in [-0.2, -0.15) is 0 Å². The molecule has 1 fully saturated rings. The number of nitrogens with zero attached hydrogens (tertiary/aromatic N) is 1. The predicted octanol–water partition coefficient (Wildman–Crippen LogP) is 2.44. The molecule has 4 heteroatoms. The molecule has 118 valence electrons. The van der Waals surface area contributed by atoms with Crippen molar-refractivity contribution in [1.29, 1.82) is 0 Å². The highest BCUT2D eigenvalue weighted by Gasteiger charge is 2.21. The molecule has 0 radical (unpaired) electrons. The molecule has 0 spiro atoms. The molecular weight excluding hydrogens is 264 g/mol. The van der Waals surface area contributed by atoms with E-state index in [1.54, 1.807) is 7.11 Å². The normalized spacial score (nSPS) is 17.9. The summed E-state index contributed by atoms with van der Waals surface area (Å²) >= 11 is 0. The highest BCUT2D eigenvalue weighted by Crippen LogP contribution is 2.12. The lowest BCUT2D eigenvalue weighted by molar-refractivity contribution is -0.110. The van der Waals surface area contributed by atoms with Gasteiger partial charge in [-0.1, -0.05) is 43.7 Å². The Bertz CT molecular complexity index is 366. The number of carbonyl (C=O) groups excluding carboxylic acids is 1. The fourth-order valence-electron chi connectivity index (χ4n) is 2.34. The van der Waals surface area contributed by atoms with Crippen molar-refractivity contribution >= 4 is 6.41 Å². The van der Waals surface area contributed by atoms with Crippen LogP contribution in [0.1, 0.15) is 31.7 Å². The number of unbranched alkanes of at least 4 members (excludes halogenated alkanes) is 1. The summed E-state index contributed by atoms with van der Waals surface area (Å²) in [6.07, 6.45) is 4.28. The first-order valence-electron chi connectivity index (χ1n) is 7.75. The minimum atomic E-state index is 0.339. The Labute approximate surface area is 128 Å². The van der Waals surface area contributed by atoms with E-state index in [-0.39, 0.29) is 0 Å². The van der Waals surface area contributed by atoms with Crippen molar-refractivity contribution in [1.82, 2.24) is 10.2 Å². The molecule has 0 aliphatic carbocycles. The molecule has 0 aromatic heterocycles. The average molecular weight is 292 g/mol. The third kappa shape index (κ3) is 7.83. The number of benzene rings is 1. The topological polar surface area (TPSA) is 41.6 Å².